The van der Waals surface area contributed by atoms with E-state index >= 15 is 0 Å². The predicted octanol–water partition coefficient (Wildman–Crippen LogP) is 3.30. The van der Waals surface area contributed by atoms with Gasteiger partial charge in [0.25, 0.3) is 5.69 Å². The fourth-order valence-electron chi connectivity index (χ4n) is 1.40. The molecule has 6 heteroatoms. The third-order valence-electron chi connectivity index (χ3n) is 2.34. The average molecular weight is 253 g/mol. The summed E-state index contributed by atoms with van der Waals surface area (Å²) in [7, 11) is 0. The number of rotatable bonds is 3. The molecule has 0 spiro atoms. The van der Waals surface area contributed by atoms with Crippen molar-refractivity contribution >= 4 is 17.3 Å². The molecular weight excluding hydrogens is 244 g/mol. The molecule has 2 rings (SSSR count). The minimum atomic E-state index is -0.450. The Kier molecular flexibility index (Phi) is 3.10. The number of nitro benzene ring substituents is 1. The summed E-state index contributed by atoms with van der Waals surface area (Å²) in [5.74, 6) is 1.36. The van der Waals surface area contributed by atoms with Gasteiger partial charge in [-0.25, -0.2) is 4.98 Å². The standard InChI is InChI=1S/C11H9ClN2O3/c1-7-10(6-12)13-11(17-7)8-2-4-9(5-3-8)14(15)16/h2-5H,6H2,1H3. The molecule has 17 heavy (non-hydrogen) atoms. The maximum absolute atomic E-state index is 10.5. The second kappa shape index (κ2) is 4.55. The molecule has 0 fully saturated rings. The molecule has 0 saturated heterocycles. The van der Waals surface area contributed by atoms with E-state index in [-0.39, 0.29) is 11.6 Å². The molecule has 0 aliphatic carbocycles. The molecular formula is C11H9ClN2O3. The first kappa shape index (κ1) is 11.6. The van der Waals surface area contributed by atoms with Crippen LogP contribution in [0.2, 0.25) is 0 Å². The maximum Gasteiger partial charge on any atom is 0.269 e. The summed E-state index contributed by atoms with van der Waals surface area (Å²) in [5.41, 5.74) is 1.41. The minimum Gasteiger partial charge on any atom is -0.441 e. The van der Waals surface area contributed by atoms with Crippen molar-refractivity contribution in [3.63, 3.8) is 0 Å². The zero-order chi connectivity index (χ0) is 12.4. The highest BCUT2D eigenvalue weighted by Crippen LogP contribution is 2.24. The summed E-state index contributed by atoms with van der Waals surface area (Å²) in [6.45, 7) is 1.78. The molecule has 0 N–H and O–H groups in total. The van der Waals surface area contributed by atoms with Crippen molar-refractivity contribution in [2.45, 2.75) is 12.8 Å². The Morgan fingerprint density at radius 3 is 2.53 bits per heavy atom. The van der Waals surface area contributed by atoms with Crippen LogP contribution in [-0.4, -0.2) is 9.91 Å². The average Bonchev–Trinajstić information content (AvgIpc) is 2.70. The molecule has 0 atom stereocenters. The normalized spacial score (nSPS) is 10.5. The Bertz CT molecular complexity index is 548. The van der Waals surface area contributed by atoms with Crippen LogP contribution in [0.4, 0.5) is 5.69 Å². The Hall–Kier alpha value is -1.88. The van der Waals surface area contributed by atoms with E-state index in [0.717, 1.165) is 0 Å². The molecule has 0 amide bonds. The second-order valence-electron chi connectivity index (χ2n) is 3.46. The first-order chi connectivity index (χ1) is 8.11. The molecule has 0 aliphatic heterocycles. The molecule has 0 saturated carbocycles. The number of alkyl halides is 1. The van der Waals surface area contributed by atoms with E-state index in [0.29, 0.717) is 22.9 Å². The second-order valence-corrected chi connectivity index (χ2v) is 3.73. The van der Waals surface area contributed by atoms with Crippen molar-refractivity contribution in [1.29, 1.82) is 0 Å². The fourth-order valence-corrected chi connectivity index (χ4v) is 1.65. The van der Waals surface area contributed by atoms with Crippen LogP contribution in [0, 0.1) is 17.0 Å². The van der Waals surface area contributed by atoms with Gasteiger partial charge in [0.05, 0.1) is 16.5 Å². The van der Waals surface area contributed by atoms with Gasteiger partial charge in [0.1, 0.15) is 5.76 Å². The van der Waals surface area contributed by atoms with Gasteiger partial charge in [0, 0.05) is 17.7 Å². The number of aromatic nitrogens is 1. The molecule has 1 aromatic carbocycles. The molecule has 0 unspecified atom stereocenters. The van der Waals surface area contributed by atoms with Gasteiger partial charge in [-0.15, -0.1) is 11.6 Å². The molecule has 0 radical (unpaired) electrons. The smallest absolute Gasteiger partial charge is 0.269 e. The first-order valence-corrected chi connectivity index (χ1v) is 5.42. The number of non-ortho nitro benzene ring substituents is 1. The Morgan fingerprint density at radius 2 is 2.06 bits per heavy atom. The summed E-state index contributed by atoms with van der Waals surface area (Å²) >= 11 is 5.69. The Morgan fingerprint density at radius 1 is 1.41 bits per heavy atom. The molecule has 0 aliphatic rings. The number of oxazole rings is 1. The molecule has 5 nitrogen and oxygen atoms in total. The lowest BCUT2D eigenvalue weighted by atomic mass is 10.2. The van der Waals surface area contributed by atoms with E-state index in [1.54, 1.807) is 19.1 Å². The lowest BCUT2D eigenvalue weighted by Gasteiger charge is -1.94. The van der Waals surface area contributed by atoms with E-state index in [2.05, 4.69) is 4.98 Å². The van der Waals surface area contributed by atoms with Crippen LogP contribution in [-0.2, 0) is 5.88 Å². The SMILES string of the molecule is Cc1oc(-c2ccc([N+](=O)[O-])cc2)nc1CCl. The van der Waals surface area contributed by atoms with Gasteiger partial charge in [0.15, 0.2) is 0 Å². The highest BCUT2D eigenvalue weighted by molar-refractivity contribution is 6.16. The zero-order valence-electron chi connectivity index (χ0n) is 9.01. The number of hydrogen-bond acceptors (Lipinski definition) is 4. The maximum atomic E-state index is 10.5. The van der Waals surface area contributed by atoms with Crippen molar-refractivity contribution in [3.05, 3.63) is 45.8 Å². The van der Waals surface area contributed by atoms with Crippen LogP contribution >= 0.6 is 11.6 Å². The number of halogens is 1. The van der Waals surface area contributed by atoms with Crippen LogP contribution in [0.25, 0.3) is 11.5 Å². The number of hydrogen-bond donors (Lipinski definition) is 0. The summed E-state index contributed by atoms with van der Waals surface area (Å²) < 4.78 is 5.43. The lowest BCUT2D eigenvalue weighted by molar-refractivity contribution is -0.384. The van der Waals surface area contributed by atoms with Gasteiger partial charge < -0.3 is 4.42 Å². The summed E-state index contributed by atoms with van der Waals surface area (Å²) in [5, 5.41) is 10.5. The van der Waals surface area contributed by atoms with Gasteiger partial charge in [-0.2, -0.15) is 0 Å². The topological polar surface area (TPSA) is 69.2 Å². The monoisotopic (exact) mass is 252 g/mol. The molecule has 0 bridgehead atoms. The zero-order valence-corrected chi connectivity index (χ0v) is 9.77. The summed E-state index contributed by atoms with van der Waals surface area (Å²) in [6, 6.07) is 6.02. The summed E-state index contributed by atoms with van der Waals surface area (Å²) in [6.07, 6.45) is 0. The highest BCUT2D eigenvalue weighted by atomic mass is 35.5. The van der Waals surface area contributed by atoms with Crippen LogP contribution in [0.3, 0.4) is 0 Å². The number of benzene rings is 1. The lowest BCUT2D eigenvalue weighted by Crippen LogP contribution is -1.87. The summed E-state index contributed by atoms with van der Waals surface area (Å²) in [4.78, 5) is 14.3. The fraction of sp³-hybridized carbons (Fsp3) is 0.182. The van der Waals surface area contributed by atoms with Crippen molar-refractivity contribution in [3.8, 4) is 11.5 Å². The van der Waals surface area contributed by atoms with E-state index in [9.17, 15) is 10.1 Å². The Labute approximate surface area is 102 Å². The highest BCUT2D eigenvalue weighted by Gasteiger charge is 2.12. The molecule has 1 aromatic heterocycles. The van der Waals surface area contributed by atoms with Crippen LogP contribution in [0.15, 0.2) is 28.7 Å². The van der Waals surface area contributed by atoms with Crippen LogP contribution in [0.1, 0.15) is 11.5 Å². The molecule has 1 heterocycles. The van der Waals surface area contributed by atoms with Crippen LogP contribution in [0.5, 0.6) is 0 Å². The van der Waals surface area contributed by atoms with Gasteiger partial charge in [-0.05, 0) is 19.1 Å². The number of aryl methyl sites for hydroxylation is 1. The van der Waals surface area contributed by atoms with Crippen LogP contribution < -0.4 is 0 Å². The minimum absolute atomic E-state index is 0.0367. The number of nitrogens with zero attached hydrogens (tertiary/aromatic N) is 2. The van der Waals surface area contributed by atoms with E-state index < -0.39 is 4.92 Å². The van der Waals surface area contributed by atoms with E-state index in [1.807, 2.05) is 0 Å². The van der Waals surface area contributed by atoms with Crippen molar-refractivity contribution < 1.29 is 9.34 Å². The third kappa shape index (κ3) is 2.29. The predicted molar refractivity (Wildman–Crippen MR) is 62.9 cm³/mol. The first-order valence-electron chi connectivity index (χ1n) is 4.89. The van der Waals surface area contributed by atoms with Crippen molar-refractivity contribution in [2.24, 2.45) is 0 Å². The van der Waals surface area contributed by atoms with Gasteiger partial charge in [0.2, 0.25) is 5.89 Å². The van der Waals surface area contributed by atoms with Crippen molar-refractivity contribution in [1.82, 2.24) is 4.98 Å². The third-order valence-corrected chi connectivity index (χ3v) is 2.60. The molecule has 88 valence electrons. The Balaban J connectivity index is 2.36. The van der Waals surface area contributed by atoms with Crippen molar-refractivity contribution in [2.75, 3.05) is 0 Å². The van der Waals surface area contributed by atoms with Gasteiger partial charge in [-0.1, -0.05) is 0 Å². The van der Waals surface area contributed by atoms with E-state index in [1.165, 1.54) is 12.1 Å². The van der Waals surface area contributed by atoms with Gasteiger partial charge in [-0.3, -0.25) is 10.1 Å². The quantitative estimate of drug-likeness (QED) is 0.477. The largest absolute Gasteiger partial charge is 0.441 e. The number of nitro groups is 1. The molecule has 2 aromatic rings. The van der Waals surface area contributed by atoms with E-state index in [4.69, 9.17) is 16.0 Å². The van der Waals surface area contributed by atoms with Gasteiger partial charge >= 0.3 is 0 Å².